The average Bonchev–Trinajstić information content (AvgIpc) is 2.99. The maximum absolute atomic E-state index is 12.5. The van der Waals surface area contributed by atoms with Crippen LogP contribution in [-0.4, -0.2) is 44.6 Å². The molecule has 1 fully saturated rings. The number of carbonyl (C=O) groups is 1. The van der Waals surface area contributed by atoms with Crippen molar-refractivity contribution < 1.29 is 13.2 Å². The van der Waals surface area contributed by atoms with E-state index in [9.17, 15) is 13.2 Å². The molecule has 0 radical (unpaired) electrons. The quantitative estimate of drug-likeness (QED) is 0.883. The minimum atomic E-state index is -3.31. The summed E-state index contributed by atoms with van der Waals surface area (Å²) >= 11 is 5.85. The van der Waals surface area contributed by atoms with Crippen molar-refractivity contribution in [2.24, 2.45) is 5.92 Å². The standard InChI is InChI=1S/C15H21ClN2O3S/c1-11(9-12-3-5-13(16)6-4-12)15(19)18-8-7-14(10-18)22(20,21)17-2/h3-6,11,14,17H,7-10H2,1-2H3/t11-,14-/m1/s1. The Kier molecular flexibility index (Phi) is 5.47. The predicted octanol–water partition coefficient (Wildman–Crippen LogP) is 1.67. The second-order valence-electron chi connectivity index (χ2n) is 5.68. The minimum Gasteiger partial charge on any atom is -0.341 e. The lowest BCUT2D eigenvalue weighted by Gasteiger charge is -2.21. The van der Waals surface area contributed by atoms with Gasteiger partial charge in [-0.2, -0.15) is 0 Å². The molecule has 0 saturated carbocycles. The van der Waals surface area contributed by atoms with Crippen LogP contribution in [0.15, 0.2) is 24.3 Å². The first-order valence-corrected chi connectivity index (χ1v) is 9.21. The average molecular weight is 345 g/mol. The zero-order valence-electron chi connectivity index (χ0n) is 12.8. The monoisotopic (exact) mass is 344 g/mol. The van der Waals surface area contributed by atoms with Gasteiger partial charge in [0.05, 0.1) is 5.25 Å². The first-order valence-electron chi connectivity index (χ1n) is 7.29. The van der Waals surface area contributed by atoms with Gasteiger partial charge in [-0.1, -0.05) is 30.7 Å². The third-order valence-electron chi connectivity index (χ3n) is 4.06. The molecule has 1 amide bonds. The van der Waals surface area contributed by atoms with E-state index in [-0.39, 0.29) is 18.4 Å². The molecule has 22 heavy (non-hydrogen) atoms. The highest BCUT2D eigenvalue weighted by Crippen LogP contribution is 2.20. The van der Waals surface area contributed by atoms with Gasteiger partial charge in [0, 0.05) is 24.0 Å². The summed E-state index contributed by atoms with van der Waals surface area (Å²) < 4.78 is 25.9. The smallest absolute Gasteiger partial charge is 0.225 e. The number of likely N-dealkylation sites (tertiary alicyclic amines) is 1. The Morgan fingerprint density at radius 3 is 2.64 bits per heavy atom. The number of rotatable bonds is 5. The predicted molar refractivity (Wildman–Crippen MR) is 87.3 cm³/mol. The van der Waals surface area contributed by atoms with E-state index < -0.39 is 15.3 Å². The number of sulfonamides is 1. The van der Waals surface area contributed by atoms with Crippen molar-refractivity contribution >= 4 is 27.5 Å². The second-order valence-corrected chi connectivity index (χ2v) is 8.28. The molecule has 5 nitrogen and oxygen atoms in total. The van der Waals surface area contributed by atoms with Gasteiger partial charge < -0.3 is 4.90 Å². The molecule has 1 aliphatic rings. The molecular weight excluding hydrogens is 324 g/mol. The van der Waals surface area contributed by atoms with Gasteiger partial charge in [0.15, 0.2) is 0 Å². The van der Waals surface area contributed by atoms with Crippen molar-refractivity contribution in [3.8, 4) is 0 Å². The van der Waals surface area contributed by atoms with Gasteiger partial charge in [-0.3, -0.25) is 4.79 Å². The van der Waals surface area contributed by atoms with Gasteiger partial charge in [0.25, 0.3) is 0 Å². The van der Waals surface area contributed by atoms with Gasteiger partial charge in [-0.25, -0.2) is 13.1 Å². The Morgan fingerprint density at radius 2 is 2.05 bits per heavy atom. The number of halogens is 1. The summed E-state index contributed by atoms with van der Waals surface area (Å²) in [7, 11) is -1.91. The second kappa shape index (κ2) is 6.98. The first-order chi connectivity index (χ1) is 10.3. The van der Waals surface area contributed by atoms with Gasteiger partial charge in [0.2, 0.25) is 15.9 Å². The lowest BCUT2D eigenvalue weighted by atomic mass is 10.00. The third-order valence-corrected chi connectivity index (χ3v) is 6.14. The van der Waals surface area contributed by atoms with Crippen LogP contribution >= 0.6 is 11.6 Å². The van der Waals surface area contributed by atoms with Crippen LogP contribution in [0, 0.1) is 5.92 Å². The number of hydrogen-bond acceptors (Lipinski definition) is 3. The molecule has 7 heteroatoms. The maximum atomic E-state index is 12.5. The van der Waals surface area contributed by atoms with Crippen molar-refractivity contribution in [1.82, 2.24) is 9.62 Å². The highest BCUT2D eigenvalue weighted by atomic mass is 35.5. The SMILES string of the molecule is CNS(=O)(=O)[C@@H]1CCN(C(=O)[C@H](C)Cc2ccc(Cl)cc2)C1. The van der Waals surface area contributed by atoms with Crippen LogP contribution in [0.4, 0.5) is 0 Å². The van der Waals surface area contributed by atoms with Crippen molar-refractivity contribution in [1.29, 1.82) is 0 Å². The Hall–Kier alpha value is -1.11. The summed E-state index contributed by atoms with van der Waals surface area (Å²) in [5.41, 5.74) is 1.05. The van der Waals surface area contributed by atoms with E-state index in [2.05, 4.69) is 4.72 Å². The number of hydrogen-bond donors (Lipinski definition) is 1. The molecule has 2 atom stereocenters. The molecule has 1 aromatic rings. The van der Waals surface area contributed by atoms with E-state index >= 15 is 0 Å². The molecule has 0 bridgehead atoms. The lowest BCUT2D eigenvalue weighted by molar-refractivity contribution is -0.133. The molecule has 1 N–H and O–H groups in total. The van der Waals surface area contributed by atoms with E-state index in [4.69, 9.17) is 11.6 Å². The molecule has 1 aliphatic heterocycles. The zero-order chi connectivity index (χ0) is 16.3. The summed E-state index contributed by atoms with van der Waals surface area (Å²) in [5.74, 6) is -0.180. The molecule has 0 aromatic heterocycles. The first kappa shape index (κ1) is 17.2. The van der Waals surface area contributed by atoms with Gasteiger partial charge in [0.1, 0.15) is 0 Å². The highest BCUT2D eigenvalue weighted by molar-refractivity contribution is 7.90. The Labute approximate surface area is 136 Å². The fourth-order valence-electron chi connectivity index (χ4n) is 2.72. The fraction of sp³-hybridized carbons (Fsp3) is 0.533. The summed E-state index contributed by atoms with van der Waals surface area (Å²) in [5, 5.41) is 0.159. The summed E-state index contributed by atoms with van der Waals surface area (Å²) in [6.07, 6.45) is 1.11. The van der Waals surface area contributed by atoms with Gasteiger partial charge >= 0.3 is 0 Å². The van der Waals surface area contributed by atoms with Crippen LogP contribution < -0.4 is 4.72 Å². The number of nitrogens with zero attached hydrogens (tertiary/aromatic N) is 1. The molecule has 0 unspecified atom stereocenters. The summed E-state index contributed by atoms with van der Waals surface area (Å²) in [4.78, 5) is 14.1. The summed E-state index contributed by atoms with van der Waals surface area (Å²) in [6, 6.07) is 7.42. The van der Waals surface area contributed by atoms with Crippen LogP contribution in [0.25, 0.3) is 0 Å². The van der Waals surface area contributed by atoms with Gasteiger partial charge in [-0.15, -0.1) is 0 Å². The van der Waals surface area contributed by atoms with Crippen molar-refractivity contribution in [3.63, 3.8) is 0 Å². The molecule has 0 spiro atoms. The summed E-state index contributed by atoms with van der Waals surface area (Å²) in [6.45, 7) is 2.64. The Bertz CT molecular complexity index is 631. The van der Waals surface area contributed by atoms with E-state index in [0.717, 1.165) is 5.56 Å². The maximum Gasteiger partial charge on any atom is 0.225 e. The van der Waals surface area contributed by atoms with Crippen LogP contribution in [0.3, 0.4) is 0 Å². The highest BCUT2D eigenvalue weighted by Gasteiger charge is 2.35. The van der Waals surface area contributed by atoms with Gasteiger partial charge in [-0.05, 0) is 37.6 Å². The van der Waals surface area contributed by atoms with Crippen LogP contribution in [-0.2, 0) is 21.2 Å². The Morgan fingerprint density at radius 1 is 1.41 bits per heavy atom. The van der Waals surface area contributed by atoms with E-state index in [1.807, 2.05) is 19.1 Å². The number of benzene rings is 1. The number of nitrogens with one attached hydrogen (secondary N) is 1. The zero-order valence-corrected chi connectivity index (χ0v) is 14.3. The fourth-order valence-corrected chi connectivity index (χ4v) is 3.97. The van der Waals surface area contributed by atoms with E-state index in [1.165, 1.54) is 7.05 Å². The topological polar surface area (TPSA) is 66.5 Å². The number of carbonyl (C=O) groups excluding carboxylic acids is 1. The molecule has 2 rings (SSSR count). The van der Waals surface area contributed by atoms with E-state index in [0.29, 0.717) is 24.4 Å². The van der Waals surface area contributed by atoms with E-state index in [1.54, 1.807) is 17.0 Å². The molecule has 1 saturated heterocycles. The van der Waals surface area contributed by atoms with Crippen LogP contribution in [0.5, 0.6) is 0 Å². The Balaban J connectivity index is 1.96. The number of amides is 1. The van der Waals surface area contributed by atoms with Crippen LogP contribution in [0.2, 0.25) is 5.02 Å². The van der Waals surface area contributed by atoms with Crippen molar-refractivity contribution in [3.05, 3.63) is 34.9 Å². The molecular formula is C15H21ClN2O3S. The third kappa shape index (κ3) is 4.00. The largest absolute Gasteiger partial charge is 0.341 e. The van der Waals surface area contributed by atoms with Crippen molar-refractivity contribution in [2.75, 3.05) is 20.1 Å². The molecule has 1 aromatic carbocycles. The lowest BCUT2D eigenvalue weighted by Crippen LogP contribution is -2.38. The molecule has 0 aliphatic carbocycles. The van der Waals surface area contributed by atoms with Crippen molar-refractivity contribution in [2.45, 2.75) is 25.0 Å². The normalized spacial score (nSPS) is 20.1. The van der Waals surface area contributed by atoms with Crippen LogP contribution in [0.1, 0.15) is 18.9 Å². The minimum absolute atomic E-state index is 0.00348. The molecule has 122 valence electrons. The molecule has 1 heterocycles.